The Kier molecular flexibility index (Phi) is 10.5. The van der Waals surface area contributed by atoms with Crippen LogP contribution in [0.25, 0.3) is 0 Å². The summed E-state index contributed by atoms with van der Waals surface area (Å²) in [6.45, 7) is 12.5. The van der Waals surface area contributed by atoms with Gasteiger partial charge in [0.2, 0.25) is 0 Å². The summed E-state index contributed by atoms with van der Waals surface area (Å²) in [6, 6.07) is 5.37. The quantitative estimate of drug-likeness (QED) is 0.354. The number of rotatable bonds is 7. The third-order valence-electron chi connectivity index (χ3n) is 9.67. The molecule has 0 aromatic heterocycles. The molecule has 1 aromatic rings. The van der Waals surface area contributed by atoms with Crippen LogP contribution >= 0.6 is 0 Å². The zero-order chi connectivity index (χ0) is 32.2. The minimum Gasteiger partial charge on any atom is -0.442 e. The molecule has 0 radical (unpaired) electrons. The Morgan fingerprint density at radius 1 is 0.933 bits per heavy atom. The standard InChI is InChI=1S/C33H49F3N4O5/c1-31(2,3)44-30(42)40-19-18-37(20-21-43-40)15-12-25-4-6-27(7-5-25)23-39-24-32(45-29(39)41)13-16-38(17-14-32)22-26-8-10-28(11-9-26)33(34,35)36/h8-11,25,27H,4-7,12-24H2,1-3H3. The number of benzene rings is 1. The van der Waals surface area contributed by atoms with Gasteiger partial charge in [0, 0.05) is 52.1 Å². The topological polar surface area (TPSA) is 74.8 Å². The zero-order valence-electron chi connectivity index (χ0n) is 26.9. The number of hydroxylamine groups is 2. The minimum absolute atomic E-state index is 0.211. The van der Waals surface area contributed by atoms with Crippen molar-refractivity contribution in [1.82, 2.24) is 19.8 Å². The van der Waals surface area contributed by atoms with E-state index in [4.69, 9.17) is 14.3 Å². The summed E-state index contributed by atoms with van der Waals surface area (Å²) in [5, 5.41) is 1.34. The molecule has 1 aromatic carbocycles. The molecule has 1 saturated carbocycles. The third-order valence-corrected chi connectivity index (χ3v) is 9.67. The zero-order valence-corrected chi connectivity index (χ0v) is 26.9. The van der Waals surface area contributed by atoms with Gasteiger partial charge in [-0.15, -0.1) is 0 Å². The molecule has 0 atom stereocenters. The summed E-state index contributed by atoms with van der Waals surface area (Å²) in [6.07, 6.45) is 2.16. The van der Waals surface area contributed by atoms with E-state index in [0.29, 0.717) is 38.1 Å². The number of likely N-dealkylation sites (tertiary alicyclic amines) is 1. The van der Waals surface area contributed by atoms with Crippen molar-refractivity contribution in [2.45, 2.75) is 89.6 Å². The number of amides is 2. The fourth-order valence-electron chi connectivity index (χ4n) is 7.02. The maximum absolute atomic E-state index is 12.9. The number of halogens is 3. The second-order valence-electron chi connectivity index (χ2n) is 14.3. The monoisotopic (exact) mass is 638 g/mol. The highest BCUT2D eigenvalue weighted by molar-refractivity contribution is 5.70. The minimum atomic E-state index is -4.33. The molecule has 0 bridgehead atoms. The van der Waals surface area contributed by atoms with Gasteiger partial charge in [-0.25, -0.2) is 9.59 Å². The third kappa shape index (κ3) is 9.48. The van der Waals surface area contributed by atoms with Crippen LogP contribution in [-0.2, 0) is 27.0 Å². The van der Waals surface area contributed by atoms with Crippen molar-refractivity contribution < 1.29 is 37.1 Å². The van der Waals surface area contributed by atoms with Gasteiger partial charge in [-0.05, 0) is 76.1 Å². The number of alkyl halides is 3. The summed E-state index contributed by atoms with van der Waals surface area (Å²) in [5.74, 6) is 1.15. The first-order valence-corrected chi connectivity index (χ1v) is 16.5. The molecule has 0 unspecified atom stereocenters. The first-order valence-electron chi connectivity index (χ1n) is 16.5. The molecule has 9 nitrogen and oxygen atoms in total. The molecular weight excluding hydrogens is 589 g/mol. The summed E-state index contributed by atoms with van der Waals surface area (Å²) < 4.78 is 50.0. The van der Waals surface area contributed by atoms with Crippen LogP contribution in [0.1, 0.15) is 76.8 Å². The molecule has 0 N–H and O–H groups in total. The van der Waals surface area contributed by atoms with Gasteiger partial charge >= 0.3 is 18.4 Å². The summed E-state index contributed by atoms with van der Waals surface area (Å²) in [4.78, 5) is 37.3. The molecule has 5 rings (SSSR count). The average molecular weight is 639 g/mol. The van der Waals surface area contributed by atoms with E-state index in [0.717, 1.165) is 102 Å². The van der Waals surface area contributed by atoms with Crippen molar-refractivity contribution >= 4 is 12.2 Å². The first kappa shape index (κ1) is 33.8. The van der Waals surface area contributed by atoms with E-state index in [-0.39, 0.29) is 6.09 Å². The maximum Gasteiger partial charge on any atom is 0.434 e. The van der Waals surface area contributed by atoms with E-state index < -0.39 is 29.0 Å². The van der Waals surface area contributed by atoms with Crippen LogP contribution in [0.15, 0.2) is 24.3 Å². The van der Waals surface area contributed by atoms with Gasteiger partial charge in [0.15, 0.2) is 0 Å². The second-order valence-corrected chi connectivity index (χ2v) is 14.3. The van der Waals surface area contributed by atoms with Crippen molar-refractivity contribution in [3.63, 3.8) is 0 Å². The number of carbonyl (C=O) groups excluding carboxylic acids is 2. The molecule has 4 fully saturated rings. The summed E-state index contributed by atoms with van der Waals surface area (Å²) >= 11 is 0. The maximum atomic E-state index is 12.9. The van der Waals surface area contributed by atoms with Crippen LogP contribution in [0, 0.1) is 11.8 Å². The molecular formula is C33H49F3N4O5. The van der Waals surface area contributed by atoms with Crippen molar-refractivity contribution in [2.75, 3.05) is 59.0 Å². The van der Waals surface area contributed by atoms with Gasteiger partial charge < -0.3 is 14.4 Å². The highest BCUT2D eigenvalue weighted by Crippen LogP contribution is 2.37. The molecule has 3 aliphatic heterocycles. The lowest BCUT2D eigenvalue weighted by Gasteiger charge is -2.37. The van der Waals surface area contributed by atoms with E-state index in [2.05, 4.69) is 9.80 Å². The Hall–Kier alpha value is -2.57. The SMILES string of the molecule is CC(C)(C)OC(=O)N1CCN(CCC2CCC(CN3CC4(CCN(Cc5ccc(C(F)(F)F)cc5)CC4)OC3=O)CC2)CCO1. The second kappa shape index (κ2) is 14.0. The number of piperidine rings is 1. The number of carbonyl (C=O) groups is 2. The lowest BCUT2D eigenvalue weighted by atomic mass is 9.80. The number of ether oxygens (including phenoxy) is 2. The number of nitrogens with zero attached hydrogens (tertiary/aromatic N) is 4. The molecule has 3 heterocycles. The van der Waals surface area contributed by atoms with Crippen LogP contribution in [0.3, 0.4) is 0 Å². The molecule has 4 aliphatic rings. The lowest BCUT2D eigenvalue weighted by Crippen LogP contribution is -2.46. The molecule has 1 aliphatic carbocycles. The van der Waals surface area contributed by atoms with Gasteiger partial charge in [0.1, 0.15) is 11.2 Å². The van der Waals surface area contributed by atoms with E-state index in [1.807, 2.05) is 25.7 Å². The van der Waals surface area contributed by atoms with Crippen molar-refractivity contribution in [3.05, 3.63) is 35.4 Å². The van der Waals surface area contributed by atoms with Crippen LogP contribution in [0.5, 0.6) is 0 Å². The highest BCUT2D eigenvalue weighted by atomic mass is 19.4. The lowest BCUT2D eigenvalue weighted by molar-refractivity contribution is -0.137. The summed E-state index contributed by atoms with van der Waals surface area (Å²) in [5.41, 5.74) is -0.790. The van der Waals surface area contributed by atoms with E-state index >= 15 is 0 Å². The van der Waals surface area contributed by atoms with E-state index in [9.17, 15) is 22.8 Å². The normalized spacial score (nSPS) is 25.3. The van der Waals surface area contributed by atoms with Gasteiger partial charge in [0.25, 0.3) is 0 Å². The van der Waals surface area contributed by atoms with Crippen LogP contribution in [-0.4, -0.2) is 102 Å². The number of hydrogen-bond acceptors (Lipinski definition) is 7. The molecule has 12 heteroatoms. The molecule has 2 amide bonds. The van der Waals surface area contributed by atoms with Crippen molar-refractivity contribution in [1.29, 1.82) is 0 Å². The van der Waals surface area contributed by atoms with E-state index in [1.54, 1.807) is 12.1 Å². The average Bonchev–Trinajstić information content (AvgIpc) is 3.12. The number of hydrogen-bond donors (Lipinski definition) is 0. The van der Waals surface area contributed by atoms with Gasteiger partial charge in [-0.2, -0.15) is 18.2 Å². The first-order chi connectivity index (χ1) is 21.3. The highest BCUT2D eigenvalue weighted by Gasteiger charge is 2.47. The van der Waals surface area contributed by atoms with Crippen LogP contribution in [0.2, 0.25) is 0 Å². The predicted octanol–water partition coefficient (Wildman–Crippen LogP) is 6.17. The van der Waals surface area contributed by atoms with Crippen molar-refractivity contribution in [3.8, 4) is 0 Å². The van der Waals surface area contributed by atoms with Gasteiger partial charge in [0.05, 0.1) is 25.3 Å². The predicted molar refractivity (Wildman–Crippen MR) is 162 cm³/mol. The molecule has 252 valence electrons. The molecule has 45 heavy (non-hydrogen) atoms. The Labute approximate surface area is 264 Å². The fraction of sp³-hybridized carbons (Fsp3) is 0.758. The van der Waals surface area contributed by atoms with Gasteiger partial charge in [-0.3, -0.25) is 14.6 Å². The van der Waals surface area contributed by atoms with Crippen LogP contribution in [0.4, 0.5) is 22.8 Å². The Morgan fingerprint density at radius 2 is 1.60 bits per heavy atom. The Balaban J connectivity index is 0.987. The summed E-state index contributed by atoms with van der Waals surface area (Å²) in [7, 11) is 0. The largest absolute Gasteiger partial charge is 0.442 e. The molecule has 3 saturated heterocycles. The van der Waals surface area contributed by atoms with Crippen LogP contribution < -0.4 is 0 Å². The smallest absolute Gasteiger partial charge is 0.434 e. The van der Waals surface area contributed by atoms with E-state index in [1.165, 1.54) is 5.06 Å². The Bertz CT molecular complexity index is 1140. The van der Waals surface area contributed by atoms with Gasteiger partial charge in [-0.1, -0.05) is 25.0 Å². The molecule has 1 spiro atoms. The fourth-order valence-corrected chi connectivity index (χ4v) is 7.02. The van der Waals surface area contributed by atoms with Crippen molar-refractivity contribution in [2.24, 2.45) is 11.8 Å². The Morgan fingerprint density at radius 3 is 2.24 bits per heavy atom.